The van der Waals surface area contributed by atoms with E-state index in [-0.39, 0.29) is 5.91 Å². The van der Waals surface area contributed by atoms with Gasteiger partial charge in [-0.05, 0) is 25.0 Å². The minimum atomic E-state index is -0.0697. The second kappa shape index (κ2) is 7.66. The third kappa shape index (κ3) is 4.33. The van der Waals surface area contributed by atoms with E-state index < -0.39 is 0 Å². The summed E-state index contributed by atoms with van der Waals surface area (Å²) in [5, 5.41) is 2.90. The summed E-state index contributed by atoms with van der Waals surface area (Å²) in [6.45, 7) is 4.84. The number of nitrogen functional groups attached to an aromatic ring is 1. The highest BCUT2D eigenvalue weighted by molar-refractivity contribution is 5.94. The summed E-state index contributed by atoms with van der Waals surface area (Å²) < 4.78 is 0. The molecule has 1 aromatic heterocycles. The standard InChI is InChI=1S/C13H22N4O/c1-3-5-6-7-15-13(18)10-8-11(4-2)16-12(9-10)17-14/h8-9H,3-7,14H2,1-2H3,(H,15,18)(H,16,17). The van der Waals surface area contributed by atoms with E-state index in [0.717, 1.165) is 31.4 Å². The number of hydrazine groups is 1. The quantitative estimate of drug-likeness (QED) is 0.392. The van der Waals surface area contributed by atoms with E-state index in [4.69, 9.17) is 5.84 Å². The molecule has 1 aromatic rings. The molecule has 5 heteroatoms. The number of nitrogens with zero attached hydrogens (tertiary/aromatic N) is 1. The molecular formula is C13H22N4O. The van der Waals surface area contributed by atoms with Gasteiger partial charge in [0.05, 0.1) is 0 Å². The number of rotatable bonds is 7. The first-order valence-corrected chi connectivity index (χ1v) is 6.47. The first kappa shape index (κ1) is 14.4. The van der Waals surface area contributed by atoms with Crippen LogP contribution in [0.25, 0.3) is 0 Å². The fraction of sp³-hybridized carbons (Fsp3) is 0.538. The lowest BCUT2D eigenvalue weighted by Crippen LogP contribution is -2.25. The van der Waals surface area contributed by atoms with Gasteiger partial charge in [0.1, 0.15) is 5.82 Å². The number of carbonyl (C=O) groups excluding carboxylic acids is 1. The Bertz CT molecular complexity index is 370. The molecule has 100 valence electrons. The first-order chi connectivity index (χ1) is 8.71. The number of aryl methyl sites for hydroxylation is 1. The third-order valence-electron chi connectivity index (χ3n) is 2.72. The largest absolute Gasteiger partial charge is 0.352 e. The Balaban J connectivity index is 2.66. The van der Waals surface area contributed by atoms with Crippen LogP contribution in [0.1, 0.15) is 49.2 Å². The molecular weight excluding hydrogens is 228 g/mol. The van der Waals surface area contributed by atoms with Crippen molar-refractivity contribution in [2.75, 3.05) is 12.0 Å². The number of nitrogens with one attached hydrogen (secondary N) is 2. The van der Waals surface area contributed by atoms with Crippen molar-refractivity contribution in [2.45, 2.75) is 39.5 Å². The second-order valence-electron chi connectivity index (χ2n) is 4.19. The van der Waals surface area contributed by atoms with E-state index >= 15 is 0 Å². The molecule has 0 saturated heterocycles. The molecule has 18 heavy (non-hydrogen) atoms. The minimum absolute atomic E-state index is 0.0697. The molecule has 0 aromatic carbocycles. The predicted octanol–water partition coefficient (Wildman–Crippen LogP) is 1.85. The first-order valence-electron chi connectivity index (χ1n) is 6.47. The van der Waals surface area contributed by atoms with Gasteiger partial charge in [0, 0.05) is 17.8 Å². The van der Waals surface area contributed by atoms with Crippen molar-refractivity contribution in [1.82, 2.24) is 10.3 Å². The predicted molar refractivity (Wildman–Crippen MR) is 73.3 cm³/mol. The van der Waals surface area contributed by atoms with Gasteiger partial charge in [-0.3, -0.25) is 4.79 Å². The van der Waals surface area contributed by atoms with Crippen LogP contribution in [-0.2, 0) is 6.42 Å². The van der Waals surface area contributed by atoms with E-state index in [2.05, 4.69) is 22.7 Å². The van der Waals surface area contributed by atoms with Crippen LogP contribution in [-0.4, -0.2) is 17.4 Å². The van der Waals surface area contributed by atoms with Crippen molar-refractivity contribution >= 4 is 11.7 Å². The number of nitrogens with two attached hydrogens (primary N) is 1. The number of unbranched alkanes of at least 4 members (excludes halogenated alkanes) is 2. The third-order valence-corrected chi connectivity index (χ3v) is 2.72. The van der Waals surface area contributed by atoms with Gasteiger partial charge in [-0.25, -0.2) is 10.8 Å². The number of aromatic nitrogens is 1. The number of anilines is 1. The Labute approximate surface area is 108 Å². The zero-order valence-corrected chi connectivity index (χ0v) is 11.1. The molecule has 0 atom stereocenters. The number of amides is 1. The zero-order chi connectivity index (χ0) is 13.4. The zero-order valence-electron chi connectivity index (χ0n) is 11.1. The molecule has 0 aliphatic carbocycles. The Kier molecular flexibility index (Phi) is 6.14. The van der Waals surface area contributed by atoms with E-state index in [0.29, 0.717) is 17.9 Å². The van der Waals surface area contributed by atoms with Crippen LogP contribution < -0.4 is 16.6 Å². The number of carbonyl (C=O) groups is 1. The molecule has 0 bridgehead atoms. The van der Waals surface area contributed by atoms with Gasteiger partial charge < -0.3 is 10.7 Å². The minimum Gasteiger partial charge on any atom is -0.352 e. The van der Waals surface area contributed by atoms with Gasteiger partial charge in [-0.15, -0.1) is 0 Å². The summed E-state index contributed by atoms with van der Waals surface area (Å²) >= 11 is 0. The summed E-state index contributed by atoms with van der Waals surface area (Å²) in [7, 11) is 0. The molecule has 0 aliphatic heterocycles. The summed E-state index contributed by atoms with van der Waals surface area (Å²) in [6, 6.07) is 3.46. The van der Waals surface area contributed by atoms with E-state index in [1.165, 1.54) is 0 Å². The Morgan fingerprint density at radius 3 is 2.72 bits per heavy atom. The van der Waals surface area contributed by atoms with E-state index in [9.17, 15) is 4.79 Å². The Hall–Kier alpha value is -1.62. The average Bonchev–Trinajstić information content (AvgIpc) is 2.42. The lowest BCUT2D eigenvalue weighted by molar-refractivity contribution is 0.0953. The van der Waals surface area contributed by atoms with Gasteiger partial charge >= 0.3 is 0 Å². The maximum absolute atomic E-state index is 11.9. The van der Waals surface area contributed by atoms with E-state index in [1.54, 1.807) is 12.1 Å². The highest BCUT2D eigenvalue weighted by atomic mass is 16.1. The van der Waals surface area contributed by atoms with Crippen molar-refractivity contribution in [1.29, 1.82) is 0 Å². The summed E-state index contributed by atoms with van der Waals surface area (Å²) in [5.41, 5.74) is 3.94. The smallest absolute Gasteiger partial charge is 0.251 e. The fourth-order valence-corrected chi connectivity index (χ4v) is 1.65. The van der Waals surface area contributed by atoms with E-state index in [1.807, 2.05) is 6.92 Å². The van der Waals surface area contributed by atoms with Crippen LogP contribution in [0.4, 0.5) is 5.82 Å². The number of pyridine rings is 1. The summed E-state index contributed by atoms with van der Waals surface area (Å²) in [5.74, 6) is 5.79. The van der Waals surface area contributed by atoms with Gasteiger partial charge in [-0.1, -0.05) is 26.7 Å². The van der Waals surface area contributed by atoms with Crippen LogP contribution in [0.2, 0.25) is 0 Å². The van der Waals surface area contributed by atoms with Gasteiger partial charge in [0.15, 0.2) is 0 Å². The second-order valence-corrected chi connectivity index (χ2v) is 4.19. The van der Waals surface area contributed by atoms with Crippen molar-refractivity contribution in [3.05, 3.63) is 23.4 Å². The Morgan fingerprint density at radius 2 is 2.11 bits per heavy atom. The van der Waals surface area contributed by atoms with Crippen LogP contribution in [0.3, 0.4) is 0 Å². The molecule has 5 nitrogen and oxygen atoms in total. The molecule has 0 radical (unpaired) electrons. The maximum atomic E-state index is 11.9. The van der Waals surface area contributed by atoms with Crippen LogP contribution in [0.15, 0.2) is 12.1 Å². The highest BCUT2D eigenvalue weighted by Gasteiger charge is 2.08. The molecule has 0 saturated carbocycles. The van der Waals surface area contributed by atoms with Crippen molar-refractivity contribution < 1.29 is 4.79 Å². The normalized spacial score (nSPS) is 10.2. The summed E-state index contributed by atoms with van der Waals surface area (Å²) in [6.07, 6.45) is 4.06. The van der Waals surface area contributed by atoms with Crippen LogP contribution >= 0.6 is 0 Å². The SMILES string of the molecule is CCCCCNC(=O)c1cc(CC)nc(NN)c1. The fourth-order valence-electron chi connectivity index (χ4n) is 1.65. The lowest BCUT2D eigenvalue weighted by Gasteiger charge is -2.08. The summed E-state index contributed by atoms with van der Waals surface area (Å²) in [4.78, 5) is 16.2. The monoisotopic (exact) mass is 250 g/mol. The number of hydrogen-bond acceptors (Lipinski definition) is 4. The molecule has 1 heterocycles. The van der Waals surface area contributed by atoms with Gasteiger partial charge in [0.2, 0.25) is 0 Å². The molecule has 0 spiro atoms. The molecule has 1 amide bonds. The molecule has 4 N–H and O–H groups in total. The lowest BCUT2D eigenvalue weighted by atomic mass is 10.1. The van der Waals surface area contributed by atoms with Crippen molar-refractivity contribution in [3.63, 3.8) is 0 Å². The maximum Gasteiger partial charge on any atom is 0.251 e. The number of hydrogen-bond donors (Lipinski definition) is 3. The van der Waals surface area contributed by atoms with Crippen LogP contribution in [0, 0.1) is 0 Å². The molecule has 0 fully saturated rings. The van der Waals surface area contributed by atoms with Gasteiger partial charge in [-0.2, -0.15) is 0 Å². The Morgan fingerprint density at radius 1 is 1.33 bits per heavy atom. The topological polar surface area (TPSA) is 80.0 Å². The molecule has 0 aliphatic rings. The van der Waals surface area contributed by atoms with Gasteiger partial charge in [0.25, 0.3) is 5.91 Å². The molecule has 0 unspecified atom stereocenters. The average molecular weight is 250 g/mol. The van der Waals surface area contributed by atoms with Crippen molar-refractivity contribution in [3.8, 4) is 0 Å². The van der Waals surface area contributed by atoms with Crippen LogP contribution in [0.5, 0.6) is 0 Å². The highest BCUT2D eigenvalue weighted by Crippen LogP contribution is 2.10. The van der Waals surface area contributed by atoms with Crippen molar-refractivity contribution in [2.24, 2.45) is 5.84 Å². The molecule has 1 rings (SSSR count).